The van der Waals surface area contributed by atoms with Crippen molar-refractivity contribution in [1.82, 2.24) is 4.90 Å². The summed E-state index contributed by atoms with van der Waals surface area (Å²) in [5, 5.41) is 0. The van der Waals surface area contributed by atoms with Gasteiger partial charge in [0.15, 0.2) is 0 Å². The van der Waals surface area contributed by atoms with E-state index in [2.05, 4.69) is 0 Å². The van der Waals surface area contributed by atoms with E-state index >= 15 is 0 Å². The van der Waals surface area contributed by atoms with E-state index in [0.717, 1.165) is 6.54 Å². The molecule has 0 aliphatic heterocycles. The SMILES string of the molecule is C/C=C\N(CC)Cc1cc(F)c(C)c(F)c1. The highest BCUT2D eigenvalue weighted by Crippen LogP contribution is 2.15. The summed E-state index contributed by atoms with van der Waals surface area (Å²) in [4.78, 5) is 1.99. The van der Waals surface area contributed by atoms with E-state index in [4.69, 9.17) is 0 Å². The summed E-state index contributed by atoms with van der Waals surface area (Å²) in [6.45, 7) is 6.69. The van der Waals surface area contributed by atoms with Gasteiger partial charge in [-0.05, 0) is 44.7 Å². The number of allylic oxidation sites excluding steroid dienone is 1. The third-order valence-electron chi connectivity index (χ3n) is 2.49. The van der Waals surface area contributed by atoms with E-state index in [1.54, 1.807) is 0 Å². The van der Waals surface area contributed by atoms with Crippen LogP contribution in [0.5, 0.6) is 0 Å². The van der Waals surface area contributed by atoms with Crippen LogP contribution in [0.4, 0.5) is 8.78 Å². The molecule has 0 saturated carbocycles. The lowest BCUT2D eigenvalue weighted by molar-refractivity contribution is 0.387. The van der Waals surface area contributed by atoms with Gasteiger partial charge in [0.1, 0.15) is 11.6 Å². The molecule has 1 rings (SSSR count). The third-order valence-corrected chi connectivity index (χ3v) is 2.49. The summed E-state index contributed by atoms with van der Waals surface area (Å²) in [6, 6.07) is 2.79. The molecule has 0 aromatic heterocycles. The van der Waals surface area contributed by atoms with Gasteiger partial charge in [0.2, 0.25) is 0 Å². The van der Waals surface area contributed by atoms with Crippen molar-refractivity contribution in [2.45, 2.75) is 27.3 Å². The molecule has 88 valence electrons. The van der Waals surface area contributed by atoms with E-state index in [1.165, 1.54) is 19.1 Å². The van der Waals surface area contributed by atoms with Gasteiger partial charge in [-0.3, -0.25) is 0 Å². The van der Waals surface area contributed by atoms with Crippen molar-refractivity contribution in [1.29, 1.82) is 0 Å². The second-order valence-corrected chi connectivity index (χ2v) is 3.73. The minimum absolute atomic E-state index is 0.0813. The van der Waals surface area contributed by atoms with Crippen LogP contribution in [0, 0.1) is 18.6 Å². The van der Waals surface area contributed by atoms with Crippen molar-refractivity contribution >= 4 is 0 Å². The summed E-state index contributed by atoms with van der Waals surface area (Å²) in [5.74, 6) is -0.960. The molecule has 0 radical (unpaired) electrons. The quantitative estimate of drug-likeness (QED) is 0.756. The predicted octanol–water partition coefficient (Wildman–Crippen LogP) is 3.63. The zero-order chi connectivity index (χ0) is 12.1. The fourth-order valence-electron chi connectivity index (χ4n) is 1.50. The summed E-state index contributed by atoms with van der Waals surface area (Å²) >= 11 is 0. The first kappa shape index (κ1) is 12.7. The molecule has 0 saturated heterocycles. The van der Waals surface area contributed by atoms with Crippen molar-refractivity contribution < 1.29 is 8.78 Å². The molecule has 0 N–H and O–H groups in total. The van der Waals surface area contributed by atoms with Gasteiger partial charge in [-0.15, -0.1) is 0 Å². The maximum absolute atomic E-state index is 13.3. The minimum Gasteiger partial charge on any atom is -0.374 e. The molecular formula is C13H17F2N. The van der Waals surface area contributed by atoms with Gasteiger partial charge in [0.05, 0.1) is 0 Å². The maximum Gasteiger partial charge on any atom is 0.129 e. The highest BCUT2D eigenvalue weighted by Gasteiger charge is 2.07. The maximum atomic E-state index is 13.3. The Morgan fingerprint density at radius 1 is 1.25 bits per heavy atom. The fraction of sp³-hybridized carbons (Fsp3) is 0.385. The second-order valence-electron chi connectivity index (χ2n) is 3.73. The summed E-state index contributed by atoms with van der Waals surface area (Å²) < 4.78 is 26.6. The van der Waals surface area contributed by atoms with Gasteiger partial charge in [-0.25, -0.2) is 8.78 Å². The molecule has 0 atom stereocenters. The molecule has 1 aromatic rings. The van der Waals surface area contributed by atoms with E-state index in [1.807, 2.05) is 31.0 Å². The average Bonchev–Trinajstić information content (AvgIpc) is 2.25. The van der Waals surface area contributed by atoms with Crippen LogP contribution < -0.4 is 0 Å². The van der Waals surface area contributed by atoms with Crippen LogP contribution >= 0.6 is 0 Å². The van der Waals surface area contributed by atoms with Crippen molar-refractivity contribution in [3.63, 3.8) is 0 Å². The van der Waals surface area contributed by atoms with E-state index in [0.29, 0.717) is 12.1 Å². The molecular weight excluding hydrogens is 208 g/mol. The average molecular weight is 225 g/mol. The molecule has 0 amide bonds. The third kappa shape index (κ3) is 3.05. The fourth-order valence-corrected chi connectivity index (χ4v) is 1.50. The first-order valence-electron chi connectivity index (χ1n) is 5.39. The van der Waals surface area contributed by atoms with Crippen molar-refractivity contribution in [3.05, 3.63) is 47.2 Å². The Bertz CT molecular complexity index is 363. The second kappa shape index (κ2) is 5.64. The highest BCUT2D eigenvalue weighted by molar-refractivity contribution is 5.25. The van der Waals surface area contributed by atoms with Crippen LogP contribution in [0.15, 0.2) is 24.4 Å². The first-order chi connectivity index (χ1) is 7.58. The van der Waals surface area contributed by atoms with Gasteiger partial charge < -0.3 is 4.90 Å². The normalized spacial score (nSPS) is 11.1. The van der Waals surface area contributed by atoms with Crippen LogP contribution in [-0.2, 0) is 6.54 Å². The van der Waals surface area contributed by atoms with E-state index in [-0.39, 0.29) is 5.56 Å². The minimum atomic E-state index is -0.480. The number of rotatable bonds is 4. The molecule has 16 heavy (non-hydrogen) atoms. The van der Waals surface area contributed by atoms with Crippen molar-refractivity contribution in [2.24, 2.45) is 0 Å². The molecule has 0 bridgehead atoms. The van der Waals surface area contributed by atoms with E-state index < -0.39 is 11.6 Å². The first-order valence-corrected chi connectivity index (χ1v) is 5.39. The molecule has 1 nitrogen and oxygen atoms in total. The summed E-state index contributed by atoms with van der Waals surface area (Å²) in [6.07, 6.45) is 3.82. The predicted molar refractivity (Wildman–Crippen MR) is 62.0 cm³/mol. The molecule has 3 heteroatoms. The Hall–Kier alpha value is -1.38. The van der Waals surface area contributed by atoms with Crippen molar-refractivity contribution in [2.75, 3.05) is 6.54 Å². The van der Waals surface area contributed by atoms with Gasteiger partial charge >= 0.3 is 0 Å². The molecule has 0 aliphatic carbocycles. The van der Waals surface area contributed by atoms with Crippen LogP contribution in [0.2, 0.25) is 0 Å². The lowest BCUT2D eigenvalue weighted by Crippen LogP contribution is -2.16. The Labute approximate surface area is 95.4 Å². The molecule has 0 aliphatic rings. The zero-order valence-corrected chi connectivity index (χ0v) is 9.93. The van der Waals surface area contributed by atoms with Gasteiger partial charge in [-0.1, -0.05) is 6.08 Å². The lowest BCUT2D eigenvalue weighted by Gasteiger charge is -2.18. The zero-order valence-electron chi connectivity index (χ0n) is 9.93. The number of halogens is 2. The number of hydrogen-bond donors (Lipinski definition) is 0. The van der Waals surface area contributed by atoms with Crippen LogP contribution in [0.1, 0.15) is 25.0 Å². The van der Waals surface area contributed by atoms with Crippen LogP contribution in [-0.4, -0.2) is 11.4 Å². The number of benzene rings is 1. The molecule has 1 aromatic carbocycles. The Kier molecular flexibility index (Phi) is 4.47. The standard InChI is InChI=1S/C13H17F2N/c1-4-6-16(5-2)9-11-7-12(14)10(3)13(15)8-11/h4,6-8H,5,9H2,1-3H3/b6-4-. The molecule has 0 fully saturated rings. The monoisotopic (exact) mass is 225 g/mol. The van der Waals surface area contributed by atoms with Crippen LogP contribution in [0.3, 0.4) is 0 Å². The number of hydrogen-bond acceptors (Lipinski definition) is 1. The summed E-state index contributed by atoms with van der Waals surface area (Å²) in [5.41, 5.74) is 0.735. The van der Waals surface area contributed by atoms with Crippen molar-refractivity contribution in [3.8, 4) is 0 Å². The Balaban J connectivity index is 2.89. The summed E-state index contributed by atoms with van der Waals surface area (Å²) in [7, 11) is 0. The number of nitrogens with zero attached hydrogens (tertiary/aromatic N) is 1. The van der Waals surface area contributed by atoms with Crippen LogP contribution in [0.25, 0.3) is 0 Å². The Morgan fingerprint density at radius 2 is 1.81 bits per heavy atom. The Morgan fingerprint density at radius 3 is 2.25 bits per heavy atom. The van der Waals surface area contributed by atoms with Gasteiger partial charge in [-0.2, -0.15) is 0 Å². The topological polar surface area (TPSA) is 3.24 Å². The lowest BCUT2D eigenvalue weighted by atomic mass is 10.1. The smallest absolute Gasteiger partial charge is 0.129 e. The van der Waals surface area contributed by atoms with Gasteiger partial charge in [0.25, 0.3) is 0 Å². The molecule has 0 unspecified atom stereocenters. The highest BCUT2D eigenvalue weighted by atomic mass is 19.1. The molecule has 0 heterocycles. The molecule has 0 spiro atoms. The largest absolute Gasteiger partial charge is 0.374 e. The van der Waals surface area contributed by atoms with Gasteiger partial charge in [0, 0.05) is 18.7 Å². The van der Waals surface area contributed by atoms with E-state index in [9.17, 15) is 8.78 Å².